The molecule has 2 aromatic heterocycles. The normalized spacial score (nSPS) is 11.0. The lowest BCUT2D eigenvalue weighted by Crippen LogP contribution is -1.93. The lowest BCUT2D eigenvalue weighted by atomic mass is 9.99. The molecule has 0 bridgehead atoms. The Bertz CT molecular complexity index is 785. The van der Waals surface area contributed by atoms with Crippen LogP contribution in [0.2, 0.25) is 0 Å². The van der Waals surface area contributed by atoms with Crippen LogP contribution in [0, 0.1) is 20.8 Å². The molecule has 2 heterocycles. The summed E-state index contributed by atoms with van der Waals surface area (Å²) in [7, 11) is 1.90. The molecule has 0 aliphatic heterocycles. The number of rotatable bonds is 2. The highest BCUT2D eigenvalue weighted by Crippen LogP contribution is 2.33. The van der Waals surface area contributed by atoms with E-state index in [1.54, 1.807) is 11.3 Å². The summed E-state index contributed by atoms with van der Waals surface area (Å²) in [6.07, 6.45) is 0. The summed E-state index contributed by atoms with van der Waals surface area (Å²) in [5.74, 6) is 0. The Kier molecular flexibility index (Phi) is 3.18. The molecule has 0 saturated carbocycles. The number of thiazole rings is 1. The second-order valence-corrected chi connectivity index (χ2v) is 5.93. The Balaban J connectivity index is 2.34. The van der Waals surface area contributed by atoms with E-state index < -0.39 is 0 Å². The largest absolute Gasteiger partial charge is 0.365 e. The van der Waals surface area contributed by atoms with Gasteiger partial charge in [-0.1, -0.05) is 6.07 Å². The van der Waals surface area contributed by atoms with Crippen molar-refractivity contribution in [2.45, 2.75) is 20.8 Å². The second-order valence-electron chi connectivity index (χ2n) is 5.08. The van der Waals surface area contributed by atoms with E-state index in [1.807, 2.05) is 14.0 Å². The van der Waals surface area contributed by atoms with Gasteiger partial charge in [0.05, 0.1) is 11.2 Å². The molecule has 3 aromatic rings. The third kappa shape index (κ3) is 2.16. The van der Waals surface area contributed by atoms with E-state index in [4.69, 9.17) is 0 Å². The van der Waals surface area contributed by atoms with Crippen molar-refractivity contribution >= 4 is 27.4 Å². The molecule has 0 radical (unpaired) electrons. The van der Waals surface area contributed by atoms with Crippen molar-refractivity contribution < 1.29 is 0 Å². The number of aryl methyl sites for hydroxylation is 3. The van der Waals surface area contributed by atoms with Crippen molar-refractivity contribution in [2.24, 2.45) is 0 Å². The highest BCUT2D eigenvalue weighted by molar-refractivity contribution is 7.14. The van der Waals surface area contributed by atoms with Crippen molar-refractivity contribution in [3.8, 4) is 11.3 Å². The van der Waals surface area contributed by atoms with E-state index in [0.717, 1.165) is 22.0 Å². The Morgan fingerprint density at radius 1 is 1.05 bits per heavy atom. The predicted molar refractivity (Wildman–Crippen MR) is 86.6 cm³/mol. The monoisotopic (exact) mass is 283 g/mol. The Labute approximate surface area is 122 Å². The summed E-state index contributed by atoms with van der Waals surface area (Å²) in [4.78, 5) is 9.30. The summed E-state index contributed by atoms with van der Waals surface area (Å²) in [6, 6.07) is 6.47. The summed E-state index contributed by atoms with van der Waals surface area (Å²) >= 11 is 1.63. The summed E-state index contributed by atoms with van der Waals surface area (Å²) < 4.78 is 0. The molecule has 0 saturated heterocycles. The minimum Gasteiger partial charge on any atom is -0.365 e. The van der Waals surface area contributed by atoms with Gasteiger partial charge in [-0.15, -0.1) is 11.3 Å². The van der Waals surface area contributed by atoms with Crippen LogP contribution < -0.4 is 5.32 Å². The van der Waals surface area contributed by atoms with Crippen LogP contribution in [0.5, 0.6) is 0 Å². The van der Waals surface area contributed by atoms with Gasteiger partial charge in [-0.3, -0.25) is 4.98 Å². The first kappa shape index (κ1) is 13.1. The first-order valence-corrected chi connectivity index (χ1v) is 7.48. The van der Waals surface area contributed by atoms with Gasteiger partial charge < -0.3 is 5.32 Å². The molecule has 0 fully saturated rings. The van der Waals surface area contributed by atoms with Gasteiger partial charge in [0, 0.05) is 29.1 Å². The second kappa shape index (κ2) is 4.87. The number of pyridine rings is 1. The number of hydrogen-bond acceptors (Lipinski definition) is 4. The SMILES string of the molecule is CNc1nc(-c2cc(C)nc3cc(C)cc(C)c23)cs1. The Morgan fingerprint density at radius 2 is 1.85 bits per heavy atom. The summed E-state index contributed by atoms with van der Waals surface area (Å²) in [5, 5.41) is 7.33. The van der Waals surface area contributed by atoms with Crippen molar-refractivity contribution in [2.75, 3.05) is 12.4 Å². The topological polar surface area (TPSA) is 37.8 Å². The number of nitrogens with zero attached hydrogens (tertiary/aromatic N) is 2. The summed E-state index contributed by atoms with van der Waals surface area (Å²) in [5.41, 5.74) is 6.76. The molecule has 102 valence electrons. The zero-order valence-electron chi connectivity index (χ0n) is 12.1. The van der Waals surface area contributed by atoms with E-state index in [1.165, 1.54) is 22.1 Å². The van der Waals surface area contributed by atoms with Gasteiger partial charge in [-0.2, -0.15) is 0 Å². The summed E-state index contributed by atoms with van der Waals surface area (Å²) in [6.45, 7) is 6.28. The molecule has 0 unspecified atom stereocenters. The van der Waals surface area contributed by atoms with Crippen LogP contribution in [0.1, 0.15) is 16.8 Å². The van der Waals surface area contributed by atoms with Crippen molar-refractivity contribution in [3.63, 3.8) is 0 Å². The fraction of sp³-hybridized carbons (Fsp3) is 0.250. The first-order valence-electron chi connectivity index (χ1n) is 6.60. The fourth-order valence-corrected chi connectivity index (χ4v) is 3.27. The van der Waals surface area contributed by atoms with Crippen LogP contribution in [0.4, 0.5) is 5.13 Å². The highest BCUT2D eigenvalue weighted by Gasteiger charge is 2.12. The van der Waals surface area contributed by atoms with Crippen LogP contribution in [-0.2, 0) is 0 Å². The molecule has 3 nitrogen and oxygen atoms in total. The van der Waals surface area contributed by atoms with Crippen molar-refractivity contribution in [3.05, 3.63) is 40.4 Å². The number of anilines is 1. The van der Waals surface area contributed by atoms with Crippen LogP contribution in [0.15, 0.2) is 23.6 Å². The molecular formula is C16H17N3S. The van der Waals surface area contributed by atoms with Gasteiger partial charge in [0.25, 0.3) is 0 Å². The average Bonchev–Trinajstić information content (AvgIpc) is 2.85. The molecular weight excluding hydrogens is 266 g/mol. The quantitative estimate of drug-likeness (QED) is 0.761. The third-order valence-corrected chi connectivity index (χ3v) is 4.23. The van der Waals surface area contributed by atoms with Crippen molar-refractivity contribution in [1.29, 1.82) is 0 Å². The molecule has 0 atom stereocenters. The molecule has 0 aliphatic carbocycles. The lowest BCUT2D eigenvalue weighted by Gasteiger charge is -2.10. The number of aromatic nitrogens is 2. The van der Waals surface area contributed by atoms with Crippen LogP contribution in [0.3, 0.4) is 0 Å². The molecule has 20 heavy (non-hydrogen) atoms. The van der Waals surface area contributed by atoms with E-state index >= 15 is 0 Å². The molecule has 3 rings (SSSR count). The van der Waals surface area contributed by atoms with E-state index in [2.05, 4.69) is 52.7 Å². The van der Waals surface area contributed by atoms with Gasteiger partial charge in [0.15, 0.2) is 5.13 Å². The van der Waals surface area contributed by atoms with Gasteiger partial charge >= 0.3 is 0 Å². The third-order valence-electron chi connectivity index (χ3n) is 3.37. The standard InChI is InChI=1S/C16H17N3S/c1-9-5-10(2)15-12(7-11(3)18-13(15)6-9)14-8-20-16(17-4)19-14/h5-8H,1-4H3,(H,17,19). The van der Waals surface area contributed by atoms with Crippen molar-refractivity contribution in [1.82, 2.24) is 9.97 Å². The van der Waals surface area contributed by atoms with E-state index in [0.29, 0.717) is 0 Å². The zero-order valence-corrected chi connectivity index (χ0v) is 12.9. The van der Waals surface area contributed by atoms with Gasteiger partial charge in [0.2, 0.25) is 0 Å². The lowest BCUT2D eigenvalue weighted by molar-refractivity contribution is 1.24. The van der Waals surface area contributed by atoms with E-state index in [9.17, 15) is 0 Å². The van der Waals surface area contributed by atoms with Crippen LogP contribution >= 0.6 is 11.3 Å². The van der Waals surface area contributed by atoms with Gasteiger partial charge in [-0.05, 0) is 44.0 Å². The van der Waals surface area contributed by atoms with Crippen LogP contribution in [0.25, 0.3) is 22.2 Å². The van der Waals surface area contributed by atoms with E-state index in [-0.39, 0.29) is 0 Å². The molecule has 0 amide bonds. The number of fused-ring (bicyclic) bond motifs is 1. The average molecular weight is 283 g/mol. The molecule has 0 spiro atoms. The number of hydrogen-bond donors (Lipinski definition) is 1. The number of nitrogens with one attached hydrogen (secondary N) is 1. The fourth-order valence-electron chi connectivity index (χ4n) is 2.60. The minimum atomic E-state index is 0.937. The maximum Gasteiger partial charge on any atom is 0.182 e. The van der Waals surface area contributed by atoms with Gasteiger partial charge in [0.1, 0.15) is 0 Å². The minimum absolute atomic E-state index is 0.937. The molecule has 4 heteroatoms. The van der Waals surface area contributed by atoms with Gasteiger partial charge in [-0.25, -0.2) is 4.98 Å². The first-order chi connectivity index (χ1) is 9.58. The number of benzene rings is 1. The van der Waals surface area contributed by atoms with Crippen LogP contribution in [-0.4, -0.2) is 17.0 Å². The highest BCUT2D eigenvalue weighted by atomic mass is 32.1. The Hall–Kier alpha value is -1.94. The maximum absolute atomic E-state index is 4.67. The Morgan fingerprint density at radius 3 is 2.55 bits per heavy atom. The molecule has 1 N–H and O–H groups in total. The zero-order chi connectivity index (χ0) is 14.3. The predicted octanol–water partition coefficient (Wildman–Crippen LogP) is 4.33. The molecule has 1 aromatic carbocycles. The molecule has 0 aliphatic rings. The maximum atomic E-state index is 4.67. The smallest absolute Gasteiger partial charge is 0.182 e.